The van der Waals surface area contributed by atoms with Crippen molar-refractivity contribution >= 4 is 33.7 Å². The number of hydrogen-bond donors (Lipinski definition) is 2. The van der Waals surface area contributed by atoms with Crippen molar-refractivity contribution in [3.8, 4) is 0 Å². The van der Waals surface area contributed by atoms with Gasteiger partial charge in [-0.2, -0.15) is 5.10 Å². The predicted molar refractivity (Wildman–Crippen MR) is 112 cm³/mol. The van der Waals surface area contributed by atoms with Gasteiger partial charge in [0.05, 0.1) is 5.69 Å². The second kappa shape index (κ2) is 11.8. The SMILES string of the molecule is C=C/C=C(\C=C/C)c1csc(N/N=C(\CC(/C=C\CC)=C/C)C(=O)O)n1. The first-order chi connectivity index (χ1) is 12.5. The lowest BCUT2D eigenvalue weighted by Crippen LogP contribution is -2.15. The number of nitrogens with one attached hydrogen (secondary N) is 1. The van der Waals surface area contributed by atoms with Gasteiger partial charge in [-0.1, -0.05) is 56.0 Å². The normalized spacial score (nSPS) is 13.6. The third-order valence-electron chi connectivity index (χ3n) is 3.29. The van der Waals surface area contributed by atoms with Crippen molar-refractivity contribution < 1.29 is 9.90 Å². The highest BCUT2D eigenvalue weighted by Crippen LogP contribution is 2.23. The summed E-state index contributed by atoms with van der Waals surface area (Å²) in [5, 5.41) is 15.8. The van der Waals surface area contributed by atoms with Crippen LogP contribution >= 0.6 is 11.3 Å². The monoisotopic (exact) mass is 371 g/mol. The van der Waals surface area contributed by atoms with Gasteiger partial charge in [-0.3, -0.25) is 5.43 Å². The molecule has 2 N–H and O–H groups in total. The lowest BCUT2D eigenvalue weighted by atomic mass is 10.1. The van der Waals surface area contributed by atoms with E-state index in [1.165, 1.54) is 11.3 Å². The molecule has 1 aromatic rings. The summed E-state index contributed by atoms with van der Waals surface area (Å²) in [5.41, 5.74) is 5.40. The Labute approximate surface area is 158 Å². The standard InChI is InChI=1S/C20H25N3O2S/c1-5-9-12-15(8-4)13-17(19(24)25)22-23-20-21-18(14-26-20)16(10-6-2)11-7-3/h6-12,14H,2,5,13H2,1,3-4H3,(H,21,23)(H,24,25)/b11-7-,12-9-,15-8+,16-10+,22-17+. The summed E-state index contributed by atoms with van der Waals surface area (Å²) >= 11 is 1.36. The van der Waals surface area contributed by atoms with Gasteiger partial charge in [-0.05, 0) is 25.8 Å². The number of carboxylic acids is 1. The van der Waals surface area contributed by atoms with E-state index in [1.807, 2.05) is 62.6 Å². The van der Waals surface area contributed by atoms with E-state index in [1.54, 1.807) is 6.08 Å². The smallest absolute Gasteiger partial charge is 0.352 e. The minimum atomic E-state index is -1.06. The summed E-state index contributed by atoms with van der Waals surface area (Å²) in [5.74, 6) is -1.06. The number of allylic oxidation sites excluding steroid dienone is 9. The minimum absolute atomic E-state index is 0.0333. The van der Waals surface area contributed by atoms with Crippen LogP contribution in [-0.4, -0.2) is 21.8 Å². The molecule has 0 aliphatic heterocycles. The molecule has 0 atom stereocenters. The molecule has 0 amide bonds. The fourth-order valence-corrected chi connectivity index (χ4v) is 2.65. The molecule has 0 saturated carbocycles. The van der Waals surface area contributed by atoms with E-state index in [4.69, 9.17) is 0 Å². The van der Waals surface area contributed by atoms with Gasteiger partial charge in [0, 0.05) is 17.4 Å². The van der Waals surface area contributed by atoms with Crippen LogP contribution in [0, 0.1) is 0 Å². The second-order valence-corrected chi connectivity index (χ2v) is 6.08. The van der Waals surface area contributed by atoms with Crippen LogP contribution in [0.25, 0.3) is 5.57 Å². The maximum absolute atomic E-state index is 11.5. The Kier molecular flexibility index (Phi) is 9.64. The molecule has 1 rings (SSSR count). The van der Waals surface area contributed by atoms with Gasteiger partial charge < -0.3 is 5.11 Å². The number of carboxylic acid groups (broad SMARTS) is 1. The van der Waals surface area contributed by atoms with Gasteiger partial charge in [-0.15, -0.1) is 11.3 Å². The van der Waals surface area contributed by atoms with Crippen LogP contribution in [0.5, 0.6) is 0 Å². The molecule has 0 fully saturated rings. The average molecular weight is 372 g/mol. The molecule has 138 valence electrons. The number of hydrogen-bond acceptors (Lipinski definition) is 5. The lowest BCUT2D eigenvalue weighted by molar-refractivity contribution is -0.129. The Morgan fingerprint density at radius 1 is 1.42 bits per heavy atom. The Morgan fingerprint density at radius 2 is 2.19 bits per heavy atom. The van der Waals surface area contributed by atoms with Crippen molar-refractivity contribution in [3.63, 3.8) is 0 Å². The van der Waals surface area contributed by atoms with Crippen LogP contribution in [0.3, 0.4) is 0 Å². The molecule has 0 spiro atoms. The summed E-state index contributed by atoms with van der Waals surface area (Å²) < 4.78 is 0. The third-order valence-corrected chi connectivity index (χ3v) is 4.03. The maximum Gasteiger partial charge on any atom is 0.352 e. The maximum atomic E-state index is 11.5. The first-order valence-electron chi connectivity index (χ1n) is 8.34. The highest BCUT2D eigenvalue weighted by molar-refractivity contribution is 7.13. The molecule has 0 bridgehead atoms. The molecular formula is C20H25N3O2S. The van der Waals surface area contributed by atoms with Gasteiger partial charge >= 0.3 is 5.97 Å². The van der Waals surface area contributed by atoms with Gasteiger partial charge in [-0.25, -0.2) is 9.78 Å². The first kappa shape index (κ1) is 21.3. The summed E-state index contributed by atoms with van der Waals surface area (Å²) in [4.78, 5) is 15.9. The second-order valence-electron chi connectivity index (χ2n) is 5.22. The Bertz CT molecular complexity index is 768. The van der Waals surface area contributed by atoms with E-state index < -0.39 is 5.97 Å². The van der Waals surface area contributed by atoms with Gasteiger partial charge in [0.25, 0.3) is 0 Å². The van der Waals surface area contributed by atoms with Crippen molar-refractivity contribution in [1.82, 2.24) is 4.98 Å². The zero-order valence-electron chi connectivity index (χ0n) is 15.4. The van der Waals surface area contributed by atoms with Crippen molar-refractivity contribution in [2.45, 2.75) is 33.6 Å². The molecular weight excluding hydrogens is 346 g/mol. The predicted octanol–water partition coefficient (Wildman–Crippen LogP) is 5.44. The topological polar surface area (TPSA) is 74.6 Å². The van der Waals surface area contributed by atoms with E-state index in [0.29, 0.717) is 5.13 Å². The molecule has 0 unspecified atom stereocenters. The highest BCUT2D eigenvalue weighted by atomic mass is 32.1. The number of aliphatic carboxylic acids is 1. The number of anilines is 1. The number of rotatable bonds is 10. The number of thiazole rings is 1. The molecule has 5 nitrogen and oxygen atoms in total. The number of hydrazone groups is 1. The van der Waals surface area contributed by atoms with E-state index in [9.17, 15) is 9.90 Å². The zero-order valence-corrected chi connectivity index (χ0v) is 16.2. The van der Waals surface area contributed by atoms with E-state index in [2.05, 4.69) is 22.1 Å². The van der Waals surface area contributed by atoms with E-state index in [-0.39, 0.29) is 12.1 Å². The number of aromatic nitrogens is 1. The van der Waals surface area contributed by atoms with Gasteiger partial charge in [0.15, 0.2) is 0 Å². The summed E-state index contributed by atoms with van der Waals surface area (Å²) in [6.07, 6.45) is 14.4. The van der Waals surface area contributed by atoms with Crippen molar-refractivity contribution in [3.05, 3.63) is 65.8 Å². The molecule has 1 aromatic heterocycles. The van der Waals surface area contributed by atoms with Crippen molar-refractivity contribution in [2.75, 3.05) is 5.43 Å². The molecule has 1 heterocycles. The minimum Gasteiger partial charge on any atom is -0.477 e. The third kappa shape index (κ3) is 7.03. The van der Waals surface area contributed by atoms with Crippen molar-refractivity contribution in [2.24, 2.45) is 5.10 Å². The first-order valence-corrected chi connectivity index (χ1v) is 9.22. The summed E-state index contributed by atoms with van der Waals surface area (Å²) in [6, 6.07) is 0. The molecule has 0 aliphatic carbocycles. The molecule has 26 heavy (non-hydrogen) atoms. The van der Waals surface area contributed by atoms with Gasteiger partial charge in [0.1, 0.15) is 5.71 Å². The van der Waals surface area contributed by atoms with Crippen LogP contribution < -0.4 is 5.43 Å². The summed E-state index contributed by atoms with van der Waals surface area (Å²) in [7, 11) is 0. The van der Waals surface area contributed by atoms with Crippen LogP contribution in [0.1, 0.15) is 39.3 Å². The molecule has 0 aliphatic rings. The Balaban J connectivity index is 2.95. The van der Waals surface area contributed by atoms with Crippen LogP contribution in [0.4, 0.5) is 5.13 Å². The highest BCUT2D eigenvalue weighted by Gasteiger charge is 2.12. The van der Waals surface area contributed by atoms with Gasteiger partial charge in [0.2, 0.25) is 5.13 Å². The Morgan fingerprint density at radius 3 is 2.77 bits per heavy atom. The fourth-order valence-electron chi connectivity index (χ4n) is 1.99. The number of nitrogens with zero attached hydrogens (tertiary/aromatic N) is 2. The molecule has 6 heteroatoms. The zero-order chi connectivity index (χ0) is 19.4. The average Bonchev–Trinajstić information content (AvgIpc) is 3.09. The lowest BCUT2D eigenvalue weighted by Gasteiger charge is -2.03. The quantitative estimate of drug-likeness (QED) is 0.326. The summed E-state index contributed by atoms with van der Waals surface area (Å²) in [6.45, 7) is 9.54. The fraction of sp³-hybridized carbons (Fsp3) is 0.250. The van der Waals surface area contributed by atoms with Crippen LogP contribution in [-0.2, 0) is 4.79 Å². The van der Waals surface area contributed by atoms with E-state index in [0.717, 1.165) is 23.3 Å². The molecule has 0 saturated heterocycles. The number of carbonyl (C=O) groups is 1. The largest absolute Gasteiger partial charge is 0.477 e. The van der Waals surface area contributed by atoms with Crippen LogP contribution in [0.2, 0.25) is 0 Å². The Hall–Kier alpha value is -2.73. The molecule has 0 aromatic carbocycles. The van der Waals surface area contributed by atoms with Crippen LogP contribution in [0.15, 0.2) is 65.2 Å². The molecule has 0 radical (unpaired) electrons. The van der Waals surface area contributed by atoms with Crippen molar-refractivity contribution in [1.29, 1.82) is 0 Å². The van der Waals surface area contributed by atoms with E-state index >= 15 is 0 Å².